The minimum Gasteiger partial charge on any atom is -0.396 e. The second kappa shape index (κ2) is 6.72. The highest BCUT2D eigenvalue weighted by Gasteiger charge is 2.27. The summed E-state index contributed by atoms with van der Waals surface area (Å²) in [5.41, 5.74) is 0.319. The Morgan fingerprint density at radius 3 is 2.65 bits per heavy atom. The zero-order chi connectivity index (χ0) is 12.9. The first-order valence-corrected chi connectivity index (χ1v) is 6.97. The molecule has 1 saturated heterocycles. The highest BCUT2D eigenvalue weighted by molar-refractivity contribution is 4.82. The summed E-state index contributed by atoms with van der Waals surface area (Å²) in [4.78, 5) is 2.50. The maximum atomic E-state index is 9.15. The molecule has 1 aliphatic heterocycles. The van der Waals surface area contributed by atoms with E-state index in [0.717, 1.165) is 45.1 Å². The van der Waals surface area contributed by atoms with Crippen molar-refractivity contribution in [2.45, 2.75) is 34.1 Å². The van der Waals surface area contributed by atoms with Crippen molar-refractivity contribution in [2.75, 3.05) is 39.3 Å². The summed E-state index contributed by atoms with van der Waals surface area (Å²) in [6.45, 7) is 15.0. The van der Waals surface area contributed by atoms with E-state index in [9.17, 15) is 0 Å². The van der Waals surface area contributed by atoms with Crippen LogP contribution in [0.3, 0.4) is 0 Å². The summed E-state index contributed by atoms with van der Waals surface area (Å²) in [7, 11) is 0. The summed E-state index contributed by atoms with van der Waals surface area (Å²) in [6, 6.07) is 0. The van der Waals surface area contributed by atoms with Gasteiger partial charge >= 0.3 is 0 Å². The van der Waals surface area contributed by atoms with Crippen molar-refractivity contribution in [1.29, 1.82) is 0 Å². The predicted molar refractivity (Wildman–Crippen MR) is 73.1 cm³/mol. The number of likely N-dealkylation sites (tertiary alicyclic amines) is 1. The molecule has 0 aromatic heterocycles. The molecule has 0 spiro atoms. The number of aliphatic hydroxyl groups excluding tert-OH is 1. The Labute approximate surface area is 107 Å². The summed E-state index contributed by atoms with van der Waals surface area (Å²) in [5, 5.41) is 12.7. The third kappa shape index (κ3) is 5.84. The fraction of sp³-hybridized carbons (Fsp3) is 1.00. The first-order valence-electron chi connectivity index (χ1n) is 6.97. The molecule has 3 nitrogen and oxygen atoms in total. The highest BCUT2D eigenvalue weighted by Crippen LogP contribution is 2.22. The van der Waals surface area contributed by atoms with Gasteiger partial charge in [0, 0.05) is 26.2 Å². The molecular weight excluding hydrogens is 212 g/mol. The second-order valence-electron chi connectivity index (χ2n) is 6.76. The Morgan fingerprint density at radius 2 is 2.12 bits per heavy atom. The molecule has 0 aromatic carbocycles. The lowest BCUT2D eigenvalue weighted by molar-refractivity contribution is 0.181. The average Bonchev–Trinajstić information content (AvgIpc) is 2.63. The van der Waals surface area contributed by atoms with Gasteiger partial charge in [-0.25, -0.2) is 0 Å². The molecule has 2 N–H and O–H groups in total. The Bertz CT molecular complexity index is 216. The van der Waals surface area contributed by atoms with Crippen LogP contribution in [0, 0.1) is 17.3 Å². The molecule has 0 aromatic rings. The quantitative estimate of drug-likeness (QED) is 0.711. The Kier molecular flexibility index (Phi) is 5.90. The van der Waals surface area contributed by atoms with Crippen LogP contribution in [0.25, 0.3) is 0 Å². The molecule has 1 heterocycles. The van der Waals surface area contributed by atoms with Crippen molar-refractivity contribution in [2.24, 2.45) is 17.3 Å². The van der Waals surface area contributed by atoms with Crippen molar-refractivity contribution in [1.82, 2.24) is 10.2 Å². The molecule has 1 fully saturated rings. The van der Waals surface area contributed by atoms with Crippen LogP contribution in [-0.2, 0) is 0 Å². The van der Waals surface area contributed by atoms with Crippen LogP contribution in [0.15, 0.2) is 0 Å². The molecule has 1 aliphatic rings. The van der Waals surface area contributed by atoms with Crippen molar-refractivity contribution >= 4 is 0 Å². The summed E-state index contributed by atoms with van der Waals surface area (Å²) < 4.78 is 0. The largest absolute Gasteiger partial charge is 0.396 e. The minimum atomic E-state index is 0.319. The predicted octanol–water partition coefficient (Wildman–Crippen LogP) is 1.57. The van der Waals surface area contributed by atoms with E-state index in [2.05, 4.69) is 37.9 Å². The third-order valence-electron chi connectivity index (χ3n) is 3.44. The lowest BCUT2D eigenvalue weighted by Gasteiger charge is -2.31. The number of hydrogen-bond donors (Lipinski definition) is 2. The van der Waals surface area contributed by atoms with Gasteiger partial charge in [-0.3, -0.25) is 0 Å². The average molecular weight is 242 g/mol. The van der Waals surface area contributed by atoms with Gasteiger partial charge in [-0.1, -0.05) is 27.7 Å². The fourth-order valence-corrected chi connectivity index (χ4v) is 2.57. The zero-order valence-corrected chi connectivity index (χ0v) is 12.0. The zero-order valence-electron chi connectivity index (χ0n) is 12.0. The van der Waals surface area contributed by atoms with Gasteiger partial charge in [-0.05, 0) is 36.8 Å². The van der Waals surface area contributed by atoms with E-state index < -0.39 is 0 Å². The van der Waals surface area contributed by atoms with E-state index in [0.29, 0.717) is 17.9 Å². The molecule has 1 atom stereocenters. The Hall–Kier alpha value is -0.120. The SMILES string of the molecule is CC(C)CNCC(C)(C)CN1CCC(CO)C1. The number of nitrogens with zero attached hydrogens (tertiary/aromatic N) is 1. The number of rotatable bonds is 7. The van der Waals surface area contributed by atoms with Crippen molar-refractivity contribution < 1.29 is 5.11 Å². The minimum absolute atomic E-state index is 0.319. The summed E-state index contributed by atoms with van der Waals surface area (Å²) >= 11 is 0. The van der Waals surface area contributed by atoms with Gasteiger partial charge < -0.3 is 15.3 Å². The van der Waals surface area contributed by atoms with Crippen LogP contribution < -0.4 is 5.32 Å². The maximum absolute atomic E-state index is 9.15. The van der Waals surface area contributed by atoms with Gasteiger partial charge in [0.2, 0.25) is 0 Å². The molecule has 17 heavy (non-hydrogen) atoms. The molecular formula is C14H30N2O. The normalized spacial score (nSPS) is 22.6. The van der Waals surface area contributed by atoms with Gasteiger partial charge in [0.05, 0.1) is 0 Å². The van der Waals surface area contributed by atoms with Crippen molar-refractivity contribution in [3.63, 3.8) is 0 Å². The van der Waals surface area contributed by atoms with E-state index in [-0.39, 0.29) is 0 Å². The first kappa shape index (κ1) is 14.9. The summed E-state index contributed by atoms with van der Waals surface area (Å²) in [5.74, 6) is 1.23. The highest BCUT2D eigenvalue weighted by atomic mass is 16.3. The van der Waals surface area contributed by atoms with Crippen LogP contribution in [0.4, 0.5) is 0 Å². The Morgan fingerprint density at radius 1 is 1.41 bits per heavy atom. The molecule has 0 bridgehead atoms. The second-order valence-corrected chi connectivity index (χ2v) is 6.76. The Balaban J connectivity index is 2.24. The van der Waals surface area contributed by atoms with E-state index in [4.69, 9.17) is 5.11 Å². The summed E-state index contributed by atoms with van der Waals surface area (Å²) in [6.07, 6.45) is 1.16. The third-order valence-corrected chi connectivity index (χ3v) is 3.44. The first-order chi connectivity index (χ1) is 7.93. The van der Waals surface area contributed by atoms with Crippen LogP contribution in [-0.4, -0.2) is 49.3 Å². The van der Waals surface area contributed by atoms with Crippen LogP contribution >= 0.6 is 0 Å². The van der Waals surface area contributed by atoms with Crippen LogP contribution in [0.5, 0.6) is 0 Å². The van der Waals surface area contributed by atoms with Crippen molar-refractivity contribution in [3.8, 4) is 0 Å². The molecule has 0 amide bonds. The van der Waals surface area contributed by atoms with E-state index in [1.54, 1.807) is 0 Å². The molecule has 3 heteroatoms. The standard InChI is InChI=1S/C14H30N2O/c1-12(2)7-15-10-14(3,4)11-16-6-5-13(8-16)9-17/h12-13,15,17H,5-11H2,1-4H3. The molecule has 0 saturated carbocycles. The van der Waals surface area contributed by atoms with Gasteiger partial charge in [-0.15, -0.1) is 0 Å². The monoisotopic (exact) mass is 242 g/mol. The molecule has 102 valence electrons. The molecule has 0 radical (unpaired) electrons. The van der Waals surface area contributed by atoms with E-state index in [1.807, 2.05) is 0 Å². The number of nitrogens with one attached hydrogen (secondary N) is 1. The molecule has 0 aliphatic carbocycles. The van der Waals surface area contributed by atoms with Gasteiger partial charge in [0.25, 0.3) is 0 Å². The fourth-order valence-electron chi connectivity index (χ4n) is 2.57. The lowest BCUT2D eigenvalue weighted by Crippen LogP contribution is -2.40. The van der Waals surface area contributed by atoms with Gasteiger partial charge in [0.15, 0.2) is 0 Å². The van der Waals surface area contributed by atoms with Crippen molar-refractivity contribution in [3.05, 3.63) is 0 Å². The van der Waals surface area contributed by atoms with E-state index in [1.165, 1.54) is 0 Å². The van der Waals surface area contributed by atoms with Crippen LogP contribution in [0.1, 0.15) is 34.1 Å². The van der Waals surface area contributed by atoms with E-state index >= 15 is 0 Å². The molecule has 1 unspecified atom stereocenters. The lowest BCUT2D eigenvalue weighted by atomic mass is 9.92. The number of hydrogen-bond acceptors (Lipinski definition) is 3. The van der Waals surface area contributed by atoms with Gasteiger partial charge in [0.1, 0.15) is 0 Å². The maximum Gasteiger partial charge on any atom is 0.0471 e. The topological polar surface area (TPSA) is 35.5 Å². The number of aliphatic hydroxyl groups is 1. The van der Waals surface area contributed by atoms with Gasteiger partial charge in [-0.2, -0.15) is 0 Å². The molecule has 1 rings (SSSR count). The smallest absolute Gasteiger partial charge is 0.0471 e. The van der Waals surface area contributed by atoms with Crippen LogP contribution in [0.2, 0.25) is 0 Å².